The van der Waals surface area contributed by atoms with Crippen LogP contribution >= 0.6 is 0 Å². The van der Waals surface area contributed by atoms with E-state index in [1.165, 1.54) is 4.90 Å². The van der Waals surface area contributed by atoms with Gasteiger partial charge in [0.15, 0.2) is 0 Å². The SMILES string of the molecule is CC(C)NC(=O)CN(C)C(=O)Nc1ccc(C(C)N)cc1. The number of carbonyl (C=O) groups excluding carboxylic acids is 2. The molecule has 0 spiro atoms. The number of hydrogen-bond acceptors (Lipinski definition) is 3. The summed E-state index contributed by atoms with van der Waals surface area (Å²) in [7, 11) is 1.57. The summed E-state index contributed by atoms with van der Waals surface area (Å²) in [5.74, 6) is -0.185. The summed E-state index contributed by atoms with van der Waals surface area (Å²) < 4.78 is 0. The first-order valence-electron chi connectivity index (χ1n) is 6.96. The summed E-state index contributed by atoms with van der Waals surface area (Å²) in [4.78, 5) is 24.9. The number of likely N-dealkylation sites (N-methyl/N-ethyl adjacent to an activating group) is 1. The molecule has 21 heavy (non-hydrogen) atoms. The van der Waals surface area contributed by atoms with Crippen molar-refractivity contribution >= 4 is 17.6 Å². The van der Waals surface area contributed by atoms with Crippen LogP contribution in [0, 0.1) is 0 Å². The van der Waals surface area contributed by atoms with Gasteiger partial charge in [-0.25, -0.2) is 4.79 Å². The standard InChI is InChI=1S/C15H24N4O2/c1-10(2)17-14(20)9-19(4)15(21)18-13-7-5-12(6-8-13)11(3)16/h5-8,10-11H,9,16H2,1-4H3,(H,17,20)(H,18,21). The fourth-order valence-electron chi connectivity index (χ4n) is 1.74. The van der Waals surface area contributed by atoms with Crippen LogP contribution in [0.3, 0.4) is 0 Å². The predicted octanol–water partition coefficient (Wildman–Crippen LogP) is 1.69. The Bertz CT molecular complexity index is 483. The van der Waals surface area contributed by atoms with Gasteiger partial charge in [-0.15, -0.1) is 0 Å². The van der Waals surface area contributed by atoms with Gasteiger partial charge in [0, 0.05) is 24.8 Å². The zero-order chi connectivity index (χ0) is 16.0. The van der Waals surface area contributed by atoms with Crippen LogP contribution in [0.2, 0.25) is 0 Å². The fraction of sp³-hybridized carbons (Fsp3) is 0.467. The van der Waals surface area contributed by atoms with Crippen LogP contribution in [0.4, 0.5) is 10.5 Å². The molecule has 116 valence electrons. The lowest BCUT2D eigenvalue weighted by Crippen LogP contribution is -2.42. The van der Waals surface area contributed by atoms with E-state index < -0.39 is 0 Å². The average molecular weight is 292 g/mol. The second-order valence-corrected chi connectivity index (χ2v) is 5.42. The van der Waals surface area contributed by atoms with Crippen LogP contribution in [0.25, 0.3) is 0 Å². The van der Waals surface area contributed by atoms with Crippen LogP contribution in [-0.4, -0.2) is 36.5 Å². The Kier molecular flexibility index (Phi) is 6.17. The molecule has 0 fully saturated rings. The van der Waals surface area contributed by atoms with Gasteiger partial charge < -0.3 is 21.3 Å². The second-order valence-electron chi connectivity index (χ2n) is 5.42. The molecule has 0 saturated carbocycles. The van der Waals surface area contributed by atoms with Gasteiger partial charge in [0.25, 0.3) is 0 Å². The van der Waals surface area contributed by atoms with Gasteiger partial charge >= 0.3 is 6.03 Å². The minimum atomic E-state index is -0.331. The minimum Gasteiger partial charge on any atom is -0.352 e. The average Bonchev–Trinajstić information content (AvgIpc) is 2.38. The van der Waals surface area contributed by atoms with Crippen molar-refractivity contribution in [3.63, 3.8) is 0 Å². The number of nitrogens with one attached hydrogen (secondary N) is 2. The molecule has 0 bridgehead atoms. The van der Waals surface area contributed by atoms with E-state index in [0.717, 1.165) is 5.56 Å². The molecule has 1 rings (SSSR count). The van der Waals surface area contributed by atoms with Crippen LogP contribution in [0.15, 0.2) is 24.3 Å². The number of amides is 3. The van der Waals surface area contributed by atoms with Crippen molar-refractivity contribution in [2.24, 2.45) is 5.73 Å². The number of rotatable bonds is 5. The Morgan fingerprint density at radius 3 is 2.24 bits per heavy atom. The Morgan fingerprint density at radius 2 is 1.76 bits per heavy atom. The molecule has 1 atom stereocenters. The number of urea groups is 1. The molecule has 6 nitrogen and oxygen atoms in total. The molecular formula is C15H24N4O2. The summed E-state index contributed by atoms with van der Waals surface area (Å²) in [6.07, 6.45) is 0. The van der Waals surface area contributed by atoms with Gasteiger partial charge in [-0.2, -0.15) is 0 Å². The number of nitrogens with zero attached hydrogens (tertiary/aromatic N) is 1. The fourth-order valence-corrected chi connectivity index (χ4v) is 1.74. The van der Waals surface area contributed by atoms with Crippen molar-refractivity contribution in [2.45, 2.75) is 32.9 Å². The molecule has 6 heteroatoms. The van der Waals surface area contributed by atoms with Crippen molar-refractivity contribution in [2.75, 3.05) is 18.9 Å². The zero-order valence-electron chi connectivity index (χ0n) is 13.0. The minimum absolute atomic E-state index is 0.0158. The van der Waals surface area contributed by atoms with Crippen LogP contribution in [0.1, 0.15) is 32.4 Å². The molecule has 0 heterocycles. The zero-order valence-corrected chi connectivity index (χ0v) is 13.0. The van der Waals surface area contributed by atoms with Crippen LogP contribution in [-0.2, 0) is 4.79 Å². The van der Waals surface area contributed by atoms with E-state index >= 15 is 0 Å². The molecule has 0 radical (unpaired) electrons. The molecular weight excluding hydrogens is 268 g/mol. The molecule has 0 saturated heterocycles. The van der Waals surface area contributed by atoms with E-state index in [4.69, 9.17) is 5.73 Å². The highest BCUT2D eigenvalue weighted by Crippen LogP contribution is 2.14. The Balaban J connectivity index is 2.53. The van der Waals surface area contributed by atoms with Crippen molar-refractivity contribution in [3.05, 3.63) is 29.8 Å². The lowest BCUT2D eigenvalue weighted by molar-refractivity contribution is -0.121. The molecule has 0 aliphatic heterocycles. The molecule has 1 aromatic rings. The third-order valence-corrected chi connectivity index (χ3v) is 2.86. The summed E-state index contributed by atoms with van der Waals surface area (Å²) in [6, 6.07) is 6.99. The third-order valence-electron chi connectivity index (χ3n) is 2.86. The Hall–Kier alpha value is -2.08. The molecule has 3 amide bonds. The summed E-state index contributed by atoms with van der Waals surface area (Å²) >= 11 is 0. The first kappa shape index (κ1) is 17.0. The highest BCUT2D eigenvalue weighted by Gasteiger charge is 2.13. The second kappa shape index (κ2) is 7.64. The first-order valence-corrected chi connectivity index (χ1v) is 6.96. The maximum absolute atomic E-state index is 12.0. The topological polar surface area (TPSA) is 87.5 Å². The number of hydrogen-bond donors (Lipinski definition) is 3. The Labute approximate surface area is 125 Å². The maximum atomic E-state index is 12.0. The van der Waals surface area contributed by atoms with Gasteiger partial charge in [-0.05, 0) is 38.5 Å². The summed E-state index contributed by atoms with van der Waals surface area (Å²) in [5.41, 5.74) is 7.43. The largest absolute Gasteiger partial charge is 0.352 e. The lowest BCUT2D eigenvalue weighted by Gasteiger charge is -2.18. The van der Waals surface area contributed by atoms with Gasteiger partial charge in [-0.3, -0.25) is 4.79 Å². The molecule has 1 aromatic carbocycles. The number of benzene rings is 1. The normalized spacial score (nSPS) is 11.9. The highest BCUT2D eigenvalue weighted by molar-refractivity contribution is 5.92. The highest BCUT2D eigenvalue weighted by atomic mass is 16.2. The van der Waals surface area contributed by atoms with Gasteiger partial charge in [0.2, 0.25) is 5.91 Å². The van der Waals surface area contributed by atoms with E-state index in [0.29, 0.717) is 5.69 Å². The first-order chi connectivity index (χ1) is 9.79. The number of anilines is 1. The van der Waals surface area contributed by atoms with Gasteiger partial charge in [0.1, 0.15) is 6.54 Å². The quantitative estimate of drug-likeness (QED) is 0.772. The molecule has 0 aliphatic rings. The number of carbonyl (C=O) groups is 2. The number of nitrogens with two attached hydrogens (primary N) is 1. The van der Waals surface area contributed by atoms with E-state index in [-0.39, 0.29) is 30.6 Å². The van der Waals surface area contributed by atoms with Gasteiger partial charge in [0.05, 0.1) is 0 Å². The monoisotopic (exact) mass is 292 g/mol. The van der Waals surface area contributed by atoms with Crippen LogP contribution in [0.5, 0.6) is 0 Å². The summed E-state index contributed by atoms with van der Waals surface area (Å²) in [5, 5.41) is 5.47. The van der Waals surface area contributed by atoms with Gasteiger partial charge in [-0.1, -0.05) is 12.1 Å². The summed E-state index contributed by atoms with van der Waals surface area (Å²) in [6.45, 7) is 5.66. The van der Waals surface area contributed by atoms with Crippen molar-refractivity contribution < 1.29 is 9.59 Å². The maximum Gasteiger partial charge on any atom is 0.322 e. The van der Waals surface area contributed by atoms with Crippen molar-refractivity contribution in [1.82, 2.24) is 10.2 Å². The van der Waals surface area contributed by atoms with Crippen molar-refractivity contribution in [1.29, 1.82) is 0 Å². The third kappa shape index (κ3) is 5.83. The predicted molar refractivity (Wildman–Crippen MR) is 84.0 cm³/mol. The molecule has 0 aromatic heterocycles. The lowest BCUT2D eigenvalue weighted by atomic mass is 10.1. The smallest absolute Gasteiger partial charge is 0.322 e. The molecule has 4 N–H and O–H groups in total. The Morgan fingerprint density at radius 1 is 1.19 bits per heavy atom. The molecule has 1 unspecified atom stereocenters. The van der Waals surface area contributed by atoms with Crippen LogP contribution < -0.4 is 16.4 Å². The molecule has 0 aliphatic carbocycles. The van der Waals surface area contributed by atoms with E-state index in [1.807, 2.05) is 32.9 Å². The van der Waals surface area contributed by atoms with Crippen molar-refractivity contribution in [3.8, 4) is 0 Å². The van der Waals surface area contributed by atoms with E-state index in [2.05, 4.69) is 10.6 Å². The van der Waals surface area contributed by atoms with E-state index in [9.17, 15) is 9.59 Å². The van der Waals surface area contributed by atoms with E-state index in [1.54, 1.807) is 19.2 Å².